The molecule has 2 N–H and O–H groups in total. The minimum Gasteiger partial charge on any atom is -0.497 e. The highest BCUT2D eigenvalue weighted by Crippen LogP contribution is 2.48. The number of ether oxygens (including phenoxy) is 1. The van der Waals surface area contributed by atoms with Gasteiger partial charge in [0, 0.05) is 23.1 Å². The Morgan fingerprint density at radius 1 is 1.23 bits per heavy atom. The molecule has 2 heterocycles. The van der Waals surface area contributed by atoms with Crippen molar-refractivity contribution in [3.8, 4) is 5.75 Å². The number of hydrogen-bond donors (Lipinski definition) is 2. The van der Waals surface area contributed by atoms with E-state index < -0.39 is 22.0 Å². The molecule has 0 radical (unpaired) electrons. The third kappa shape index (κ3) is 5.90. The van der Waals surface area contributed by atoms with E-state index in [9.17, 15) is 18.1 Å². The van der Waals surface area contributed by atoms with Crippen molar-refractivity contribution in [3.63, 3.8) is 0 Å². The van der Waals surface area contributed by atoms with E-state index in [2.05, 4.69) is 42.7 Å². The number of thioether (sulfide) groups is 1. The fourth-order valence-corrected chi connectivity index (χ4v) is 6.98. The fourth-order valence-electron chi connectivity index (χ4n) is 4.06. The number of para-hydroxylation sites is 1. The molecule has 0 amide bonds. The Labute approximate surface area is 214 Å². The maximum Gasteiger partial charge on any atom is 0.267 e. The number of β-amino-alcohol motifs (C(OH)–C–C–N with tert-alkyl or cyclic N) is 1. The Kier molecular flexibility index (Phi) is 7.87. The molecule has 186 valence electrons. The summed E-state index contributed by atoms with van der Waals surface area (Å²) in [6.45, 7) is 5.11. The molecule has 10 heteroatoms. The molecule has 1 aromatic heterocycles. The zero-order chi connectivity index (χ0) is 25.2. The molecule has 3 aromatic rings. The molecule has 2 aromatic carbocycles. The van der Waals surface area contributed by atoms with E-state index in [0.29, 0.717) is 5.75 Å². The molecule has 0 fully saturated rings. The van der Waals surface area contributed by atoms with Crippen molar-refractivity contribution in [1.82, 2.24) is 0 Å². The standard InChI is InChI=1S/C25H28N2O5S3/c1-4-17(12-24-26(5-2)20-8-6-7-9-22(20)33-24)13-25-27(15-18(28)16-35(29,30)31)21-14-19(32-3)10-11-23(21)34-25/h6-14,18,28H,4-5,15-16H2,1-3H3/p+1. The van der Waals surface area contributed by atoms with Gasteiger partial charge in [-0.25, -0.2) is 0 Å². The summed E-state index contributed by atoms with van der Waals surface area (Å²) in [6, 6.07) is 14.1. The van der Waals surface area contributed by atoms with Crippen molar-refractivity contribution < 1.29 is 27.4 Å². The number of benzene rings is 2. The molecule has 0 saturated heterocycles. The molecular formula is C25H29N2O5S3+. The Balaban J connectivity index is 1.73. The number of nitrogens with zero attached hydrogens (tertiary/aromatic N) is 2. The number of aliphatic hydroxyl groups is 1. The van der Waals surface area contributed by atoms with Crippen LogP contribution in [-0.4, -0.2) is 43.6 Å². The Hall–Kier alpha value is -2.37. The largest absolute Gasteiger partial charge is 0.497 e. The smallest absolute Gasteiger partial charge is 0.267 e. The van der Waals surface area contributed by atoms with Gasteiger partial charge in [0.1, 0.15) is 22.7 Å². The molecule has 7 nitrogen and oxygen atoms in total. The van der Waals surface area contributed by atoms with Crippen LogP contribution in [-0.2, 0) is 16.7 Å². The molecule has 35 heavy (non-hydrogen) atoms. The monoisotopic (exact) mass is 533 g/mol. The van der Waals surface area contributed by atoms with Gasteiger partial charge >= 0.3 is 0 Å². The van der Waals surface area contributed by atoms with Gasteiger partial charge in [0.05, 0.1) is 30.5 Å². The third-order valence-corrected chi connectivity index (χ3v) is 8.74. The number of thiazole rings is 1. The van der Waals surface area contributed by atoms with Crippen LogP contribution < -0.4 is 14.2 Å². The average Bonchev–Trinajstić information content (AvgIpc) is 3.33. The van der Waals surface area contributed by atoms with Gasteiger partial charge in [0.15, 0.2) is 0 Å². The van der Waals surface area contributed by atoms with E-state index >= 15 is 0 Å². The van der Waals surface area contributed by atoms with E-state index in [1.54, 1.807) is 30.2 Å². The summed E-state index contributed by atoms with van der Waals surface area (Å²) in [5.41, 5.74) is 3.14. The number of aliphatic hydroxyl groups excluding tert-OH is 1. The lowest BCUT2D eigenvalue weighted by molar-refractivity contribution is -0.665. The number of aromatic nitrogens is 1. The SMILES string of the molecule is CCC(/C=C1\Sc2ccc(OC)cc2N1CC(O)CS(=O)(=O)O)=C\c1sc2ccccc2[n+]1CC. The Bertz CT molecular complexity index is 1400. The maximum atomic E-state index is 11.3. The normalized spacial score (nSPS) is 16.2. The van der Waals surface area contributed by atoms with Crippen molar-refractivity contribution in [2.45, 2.75) is 37.8 Å². The Morgan fingerprint density at radius 3 is 2.69 bits per heavy atom. The summed E-state index contributed by atoms with van der Waals surface area (Å²) >= 11 is 3.30. The molecule has 1 atom stereocenters. The van der Waals surface area contributed by atoms with E-state index in [1.165, 1.54) is 10.2 Å². The van der Waals surface area contributed by atoms with Gasteiger partial charge in [0.25, 0.3) is 15.1 Å². The fraction of sp³-hybridized carbons (Fsp3) is 0.320. The molecule has 1 aliphatic heterocycles. The summed E-state index contributed by atoms with van der Waals surface area (Å²) in [5, 5.41) is 12.5. The molecule has 0 bridgehead atoms. The number of anilines is 1. The molecule has 0 saturated carbocycles. The topological polar surface area (TPSA) is 91.0 Å². The lowest BCUT2D eigenvalue weighted by atomic mass is 10.2. The number of allylic oxidation sites excluding steroid dienone is 2. The van der Waals surface area contributed by atoms with Gasteiger partial charge < -0.3 is 14.7 Å². The van der Waals surface area contributed by atoms with Gasteiger partial charge in [0.2, 0.25) is 5.52 Å². The molecular weight excluding hydrogens is 504 g/mol. The first kappa shape index (κ1) is 25.7. The van der Waals surface area contributed by atoms with Crippen LogP contribution in [0.5, 0.6) is 5.75 Å². The highest BCUT2D eigenvalue weighted by Gasteiger charge is 2.29. The van der Waals surface area contributed by atoms with Crippen LogP contribution in [0.3, 0.4) is 0 Å². The first-order valence-electron chi connectivity index (χ1n) is 11.3. The van der Waals surface area contributed by atoms with Gasteiger partial charge in [-0.05, 0) is 43.2 Å². The zero-order valence-electron chi connectivity index (χ0n) is 19.8. The minimum atomic E-state index is -4.30. The van der Waals surface area contributed by atoms with Crippen LogP contribution >= 0.6 is 23.1 Å². The van der Waals surface area contributed by atoms with Crippen molar-refractivity contribution in [2.75, 3.05) is 24.3 Å². The number of fused-ring (bicyclic) bond motifs is 2. The quantitative estimate of drug-likeness (QED) is 0.304. The van der Waals surface area contributed by atoms with Crippen LogP contribution in [0, 0.1) is 0 Å². The van der Waals surface area contributed by atoms with E-state index in [-0.39, 0.29) is 6.54 Å². The maximum absolute atomic E-state index is 11.3. The van der Waals surface area contributed by atoms with Crippen LogP contribution in [0.1, 0.15) is 25.3 Å². The summed E-state index contributed by atoms with van der Waals surface area (Å²) in [6.07, 6.45) is 3.81. The van der Waals surface area contributed by atoms with Crippen LogP contribution in [0.4, 0.5) is 5.69 Å². The second kappa shape index (κ2) is 10.7. The van der Waals surface area contributed by atoms with Crippen LogP contribution in [0.15, 0.2) is 64.0 Å². The second-order valence-corrected chi connectivity index (χ2v) is 11.8. The molecule has 0 spiro atoms. The van der Waals surface area contributed by atoms with Gasteiger partial charge in [-0.1, -0.05) is 42.2 Å². The predicted molar refractivity (Wildman–Crippen MR) is 143 cm³/mol. The first-order chi connectivity index (χ1) is 16.7. The van der Waals surface area contributed by atoms with Crippen molar-refractivity contribution in [1.29, 1.82) is 0 Å². The molecule has 0 aliphatic carbocycles. The molecule has 1 aliphatic rings. The van der Waals surface area contributed by atoms with Gasteiger partial charge in [-0.15, -0.1) is 0 Å². The number of rotatable bonds is 9. The molecule has 4 rings (SSSR count). The third-order valence-electron chi connectivity index (χ3n) is 5.71. The van der Waals surface area contributed by atoms with E-state index in [4.69, 9.17) is 4.74 Å². The summed E-state index contributed by atoms with van der Waals surface area (Å²) in [7, 11) is -2.71. The van der Waals surface area contributed by atoms with Crippen molar-refractivity contribution in [3.05, 3.63) is 64.2 Å². The molecule has 1 unspecified atom stereocenters. The summed E-state index contributed by atoms with van der Waals surface area (Å²) in [5.74, 6) is -0.0597. The Morgan fingerprint density at radius 2 is 2.00 bits per heavy atom. The van der Waals surface area contributed by atoms with Crippen LogP contribution in [0.2, 0.25) is 0 Å². The lowest BCUT2D eigenvalue weighted by Gasteiger charge is -2.23. The summed E-state index contributed by atoms with van der Waals surface area (Å²) < 4.78 is 40.8. The van der Waals surface area contributed by atoms with Crippen molar-refractivity contribution in [2.24, 2.45) is 0 Å². The zero-order valence-corrected chi connectivity index (χ0v) is 22.3. The van der Waals surface area contributed by atoms with Crippen LogP contribution in [0.25, 0.3) is 16.3 Å². The number of hydrogen-bond acceptors (Lipinski definition) is 7. The lowest BCUT2D eigenvalue weighted by Crippen LogP contribution is -2.34. The number of aryl methyl sites for hydroxylation is 1. The summed E-state index contributed by atoms with van der Waals surface area (Å²) in [4.78, 5) is 2.87. The average molecular weight is 534 g/mol. The first-order valence-corrected chi connectivity index (χ1v) is 14.6. The van der Waals surface area contributed by atoms with Gasteiger partial charge in [-0.2, -0.15) is 13.0 Å². The predicted octanol–water partition coefficient (Wildman–Crippen LogP) is 4.71. The van der Waals surface area contributed by atoms with Gasteiger partial charge in [-0.3, -0.25) is 4.55 Å². The number of methoxy groups -OCH3 is 1. The highest BCUT2D eigenvalue weighted by molar-refractivity contribution is 8.03. The van der Waals surface area contributed by atoms with E-state index in [0.717, 1.165) is 39.2 Å². The highest BCUT2D eigenvalue weighted by atomic mass is 32.2. The van der Waals surface area contributed by atoms with Crippen molar-refractivity contribution >= 4 is 55.2 Å². The van der Waals surface area contributed by atoms with E-state index in [1.807, 2.05) is 35.2 Å². The second-order valence-electron chi connectivity index (χ2n) is 8.16. The minimum absolute atomic E-state index is 0.0215.